The van der Waals surface area contributed by atoms with Gasteiger partial charge in [0.15, 0.2) is 5.82 Å². The molecule has 0 bridgehead atoms. The second-order valence-electron chi connectivity index (χ2n) is 6.25. The summed E-state index contributed by atoms with van der Waals surface area (Å²) in [6, 6.07) is 12.4. The minimum absolute atomic E-state index is 0.320. The minimum atomic E-state index is -0.320. The van der Waals surface area contributed by atoms with E-state index in [0.717, 1.165) is 49.7 Å². The topological polar surface area (TPSA) is 53.9 Å². The minimum Gasteiger partial charge on any atom is -0.355 e. The Hall–Kier alpha value is -2.86. The summed E-state index contributed by atoms with van der Waals surface area (Å²) in [6.07, 6.45) is 4.53. The van der Waals surface area contributed by atoms with E-state index in [9.17, 15) is 4.39 Å². The van der Waals surface area contributed by atoms with Crippen LogP contribution >= 0.6 is 0 Å². The van der Waals surface area contributed by atoms with E-state index < -0.39 is 0 Å². The van der Waals surface area contributed by atoms with Gasteiger partial charge in [-0.1, -0.05) is 12.1 Å². The van der Waals surface area contributed by atoms with Gasteiger partial charge in [-0.3, -0.25) is 4.98 Å². The number of hydrogen-bond donors (Lipinski definition) is 1. The molecule has 1 N–H and O–H groups in total. The summed E-state index contributed by atoms with van der Waals surface area (Å²) < 4.78 is 14.3. The van der Waals surface area contributed by atoms with Crippen LogP contribution in [0.2, 0.25) is 0 Å². The molecule has 3 aromatic rings. The molecule has 6 heteroatoms. The lowest BCUT2D eigenvalue weighted by atomic mass is 10.1. The maximum Gasteiger partial charge on any atom is 0.165 e. The van der Waals surface area contributed by atoms with Crippen molar-refractivity contribution in [1.29, 1.82) is 0 Å². The zero-order valence-corrected chi connectivity index (χ0v) is 14.4. The van der Waals surface area contributed by atoms with E-state index >= 15 is 0 Å². The predicted octanol–water partition coefficient (Wildman–Crippen LogP) is 3.14. The molecule has 0 saturated carbocycles. The summed E-state index contributed by atoms with van der Waals surface area (Å²) in [6.45, 7) is 3.67. The number of pyridine rings is 1. The van der Waals surface area contributed by atoms with Gasteiger partial charge in [-0.05, 0) is 37.2 Å². The standard InChI is InChI=1S/C20H20FN5/c21-17-7-2-1-6-16(17)20-24-18(15-5-3-8-23-14-15)13-19(25-20)26-11-4-9-22-10-12-26/h1-3,5-8,13-14,22H,4,9-12H2. The van der Waals surface area contributed by atoms with E-state index in [-0.39, 0.29) is 5.82 Å². The van der Waals surface area contributed by atoms with Crippen molar-refractivity contribution >= 4 is 5.82 Å². The highest BCUT2D eigenvalue weighted by Gasteiger charge is 2.16. The molecule has 1 aromatic carbocycles. The number of benzene rings is 1. The van der Waals surface area contributed by atoms with Gasteiger partial charge < -0.3 is 10.2 Å². The van der Waals surface area contributed by atoms with Crippen LogP contribution in [0, 0.1) is 5.82 Å². The van der Waals surface area contributed by atoms with Crippen LogP contribution in [0.25, 0.3) is 22.6 Å². The van der Waals surface area contributed by atoms with Crippen molar-refractivity contribution in [2.45, 2.75) is 6.42 Å². The lowest BCUT2D eigenvalue weighted by Crippen LogP contribution is -2.28. The lowest BCUT2D eigenvalue weighted by molar-refractivity contribution is 0.630. The van der Waals surface area contributed by atoms with Crippen LogP contribution < -0.4 is 10.2 Å². The zero-order chi connectivity index (χ0) is 17.8. The van der Waals surface area contributed by atoms with Gasteiger partial charge in [0.1, 0.15) is 11.6 Å². The van der Waals surface area contributed by atoms with Gasteiger partial charge in [-0.15, -0.1) is 0 Å². The van der Waals surface area contributed by atoms with E-state index in [1.165, 1.54) is 6.07 Å². The Morgan fingerprint density at radius 2 is 1.92 bits per heavy atom. The number of anilines is 1. The van der Waals surface area contributed by atoms with Crippen molar-refractivity contribution in [2.24, 2.45) is 0 Å². The molecule has 0 aliphatic carbocycles. The Kier molecular flexibility index (Phi) is 4.84. The van der Waals surface area contributed by atoms with Crippen LogP contribution in [0.3, 0.4) is 0 Å². The first-order valence-electron chi connectivity index (χ1n) is 8.81. The Balaban J connectivity index is 1.83. The molecule has 4 rings (SSSR count). The van der Waals surface area contributed by atoms with Gasteiger partial charge in [0, 0.05) is 43.7 Å². The Labute approximate surface area is 151 Å². The van der Waals surface area contributed by atoms with Crippen molar-refractivity contribution < 1.29 is 4.39 Å². The molecule has 5 nitrogen and oxygen atoms in total. The third-order valence-corrected chi connectivity index (χ3v) is 4.45. The maximum atomic E-state index is 14.3. The van der Waals surface area contributed by atoms with Crippen molar-refractivity contribution in [3.63, 3.8) is 0 Å². The fourth-order valence-corrected chi connectivity index (χ4v) is 3.10. The molecule has 3 heterocycles. The fraction of sp³-hybridized carbons (Fsp3) is 0.250. The van der Waals surface area contributed by atoms with Gasteiger partial charge >= 0.3 is 0 Å². The van der Waals surface area contributed by atoms with Crippen molar-refractivity contribution in [2.75, 3.05) is 31.1 Å². The summed E-state index contributed by atoms with van der Waals surface area (Å²) in [5, 5.41) is 3.39. The molecule has 0 atom stereocenters. The first-order valence-corrected chi connectivity index (χ1v) is 8.81. The van der Waals surface area contributed by atoms with Gasteiger partial charge in [-0.2, -0.15) is 0 Å². The van der Waals surface area contributed by atoms with Crippen LogP contribution in [-0.2, 0) is 0 Å². The molecule has 0 amide bonds. The first kappa shape index (κ1) is 16.6. The van der Waals surface area contributed by atoms with Gasteiger partial charge in [0.05, 0.1) is 11.3 Å². The molecule has 132 valence electrons. The molecule has 0 unspecified atom stereocenters. The molecular formula is C20H20FN5. The summed E-state index contributed by atoms with van der Waals surface area (Å²) in [4.78, 5) is 15.7. The van der Waals surface area contributed by atoms with E-state index in [1.807, 2.05) is 18.2 Å². The smallest absolute Gasteiger partial charge is 0.165 e. The second-order valence-corrected chi connectivity index (χ2v) is 6.25. The van der Waals surface area contributed by atoms with E-state index in [2.05, 4.69) is 25.2 Å². The molecule has 1 aliphatic rings. The van der Waals surface area contributed by atoms with Crippen molar-refractivity contribution in [3.05, 3.63) is 60.7 Å². The highest BCUT2D eigenvalue weighted by Crippen LogP contribution is 2.27. The maximum absolute atomic E-state index is 14.3. The zero-order valence-electron chi connectivity index (χ0n) is 14.4. The summed E-state index contributed by atoms with van der Waals surface area (Å²) in [5.41, 5.74) is 2.05. The number of aromatic nitrogens is 3. The number of nitrogens with one attached hydrogen (secondary N) is 1. The predicted molar refractivity (Wildman–Crippen MR) is 100 cm³/mol. The lowest BCUT2D eigenvalue weighted by Gasteiger charge is -2.22. The van der Waals surface area contributed by atoms with Crippen LogP contribution in [0.15, 0.2) is 54.9 Å². The molecule has 1 fully saturated rings. The summed E-state index contributed by atoms with van der Waals surface area (Å²) in [7, 11) is 0. The number of nitrogens with zero attached hydrogens (tertiary/aromatic N) is 4. The Bertz CT molecular complexity index is 876. The Morgan fingerprint density at radius 3 is 2.77 bits per heavy atom. The molecule has 1 saturated heterocycles. The van der Waals surface area contributed by atoms with E-state index in [1.54, 1.807) is 30.6 Å². The average molecular weight is 349 g/mol. The van der Waals surface area contributed by atoms with Crippen LogP contribution in [0.5, 0.6) is 0 Å². The molecule has 0 radical (unpaired) electrons. The largest absolute Gasteiger partial charge is 0.355 e. The van der Waals surface area contributed by atoms with Crippen LogP contribution in [0.4, 0.5) is 10.2 Å². The molecular weight excluding hydrogens is 329 g/mol. The second kappa shape index (κ2) is 7.58. The molecule has 1 aliphatic heterocycles. The monoisotopic (exact) mass is 349 g/mol. The normalized spacial score (nSPS) is 14.9. The van der Waals surface area contributed by atoms with Gasteiger partial charge in [0.25, 0.3) is 0 Å². The highest BCUT2D eigenvalue weighted by molar-refractivity contribution is 5.67. The van der Waals surface area contributed by atoms with Crippen LogP contribution in [-0.4, -0.2) is 41.1 Å². The van der Waals surface area contributed by atoms with E-state index in [4.69, 9.17) is 0 Å². The van der Waals surface area contributed by atoms with Crippen molar-refractivity contribution in [3.8, 4) is 22.6 Å². The molecule has 2 aromatic heterocycles. The summed E-state index contributed by atoms with van der Waals surface area (Å²) >= 11 is 0. The third kappa shape index (κ3) is 3.55. The SMILES string of the molecule is Fc1ccccc1-c1nc(-c2cccnc2)cc(N2CCCNCC2)n1. The quantitative estimate of drug-likeness (QED) is 0.787. The van der Waals surface area contributed by atoms with Gasteiger partial charge in [0.2, 0.25) is 0 Å². The Morgan fingerprint density at radius 1 is 1.00 bits per heavy atom. The fourth-order valence-electron chi connectivity index (χ4n) is 3.10. The molecule has 26 heavy (non-hydrogen) atoms. The average Bonchev–Trinajstić information content (AvgIpc) is 2.98. The van der Waals surface area contributed by atoms with Gasteiger partial charge in [-0.25, -0.2) is 14.4 Å². The van der Waals surface area contributed by atoms with Crippen molar-refractivity contribution in [1.82, 2.24) is 20.3 Å². The number of hydrogen-bond acceptors (Lipinski definition) is 5. The number of halogens is 1. The number of rotatable bonds is 3. The van der Waals surface area contributed by atoms with Crippen LogP contribution in [0.1, 0.15) is 6.42 Å². The van der Waals surface area contributed by atoms with E-state index in [0.29, 0.717) is 11.4 Å². The highest BCUT2D eigenvalue weighted by atomic mass is 19.1. The molecule has 0 spiro atoms. The third-order valence-electron chi connectivity index (χ3n) is 4.45. The summed E-state index contributed by atoms with van der Waals surface area (Å²) in [5.74, 6) is 0.900. The first-order chi connectivity index (χ1) is 12.8.